The van der Waals surface area contributed by atoms with E-state index in [1.54, 1.807) is 24.3 Å². The van der Waals surface area contributed by atoms with Crippen LogP contribution in [0.3, 0.4) is 0 Å². The Morgan fingerprint density at radius 1 is 0.625 bits per heavy atom. The van der Waals surface area contributed by atoms with Crippen LogP contribution < -0.4 is 0 Å². The van der Waals surface area contributed by atoms with E-state index in [0.717, 1.165) is 33.2 Å². The molecule has 0 radical (unpaired) electrons. The highest BCUT2D eigenvalue weighted by atomic mass is 16.4. The van der Waals surface area contributed by atoms with Gasteiger partial charge in [-0.3, -0.25) is 0 Å². The zero-order valence-corrected chi connectivity index (χ0v) is 17.0. The first-order chi connectivity index (χ1) is 15.0. The van der Waals surface area contributed by atoms with E-state index >= 15 is 0 Å². The second kappa shape index (κ2) is 9.94. The van der Waals surface area contributed by atoms with Gasteiger partial charge in [-0.2, -0.15) is 0 Å². The Kier molecular flexibility index (Phi) is 7.35. The summed E-state index contributed by atoms with van der Waals surface area (Å²) >= 11 is 0. The van der Waals surface area contributed by atoms with E-state index < -0.39 is 23.9 Å². The second-order valence-corrected chi connectivity index (χ2v) is 6.66. The van der Waals surface area contributed by atoms with E-state index in [1.807, 2.05) is 38.1 Å². The van der Waals surface area contributed by atoms with Crippen LogP contribution in [0.1, 0.15) is 32.1 Å². The lowest BCUT2D eigenvalue weighted by Gasteiger charge is -1.94. The van der Waals surface area contributed by atoms with Crippen LogP contribution in [-0.2, 0) is 9.59 Å². The average Bonchev–Trinajstić information content (AvgIpc) is 3.28. The predicted octanol–water partition coefficient (Wildman–Crippen LogP) is 3.50. The third-order valence-corrected chi connectivity index (χ3v) is 4.24. The average molecular weight is 440 g/mol. The molecule has 166 valence electrons. The molecule has 0 aliphatic carbocycles. The zero-order valence-electron chi connectivity index (χ0n) is 17.0. The lowest BCUT2D eigenvalue weighted by Crippen LogP contribution is -2.09. The molecular formula is C22H20N2O8. The molecule has 0 saturated heterocycles. The van der Waals surface area contributed by atoms with Crippen molar-refractivity contribution in [1.29, 1.82) is 0 Å². The molecule has 0 unspecified atom stereocenters. The van der Waals surface area contributed by atoms with Gasteiger partial charge in [-0.25, -0.2) is 19.2 Å². The maximum Gasteiger partial charge on any atom is 0.414 e. The normalized spacial score (nSPS) is 9.94. The van der Waals surface area contributed by atoms with Crippen LogP contribution in [0.2, 0.25) is 0 Å². The SMILES string of the molecule is Cc1cc2c(C(=O)O)cccc2[nH]1.Cc1cc2c(C(=O)O)cccc2[nH]1.O=C(O)C(=O)O. The fourth-order valence-corrected chi connectivity index (χ4v) is 2.96. The Bertz CT molecular complexity index is 1210. The molecule has 32 heavy (non-hydrogen) atoms. The Labute approximate surface area is 180 Å². The molecule has 0 bridgehead atoms. The van der Waals surface area contributed by atoms with Gasteiger partial charge < -0.3 is 30.4 Å². The summed E-state index contributed by atoms with van der Waals surface area (Å²) in [7, 11) is 0. The number of hydrogen-bond donors (Lipinski definition) is 6. The summed E-state index contributed by atoms with van der Waals surface area (Å²) in [5, 5.41) is 34.1. The van der Waals surface area contributed by atoms with E-state index in [-0.39, 0.29) is 0 Å². The van der Waals surface area contributed by atoms with Crippen LogP contribution >= 0.6 is 0 Å². The van der Waals surface area contributed by atoms with Gasteiger partial charge in [0.2, 0.25) is 0 Å². The zero-order chi connectivity index (χ0) is 24.0. The number of carboxylic acid groups (broad SMARTS) is 4. The molecular weight excluding hydrogens is 420 g/mol. The smallest absolute Gasteiger partial charge is 0.414 e. The van der Waals surface area contributed by atoms with E-state index in [2.05, 4.69) is 9.97 Å². The van der Waals surface area contributed by atoms with Gasteiger partial charge >= 0.3 is 23.9 Å². The summed E-state index contributed by atoms with van der Waals surface area (Å²) in [5.74, 6) is -5.42. The second-order valence-electron chi connectivity index (χ2n) is 6.66. The van der Waals surface area contributed by atoms with E-state index in [0.29, 0.717) is 11.1 Å². The number of aromatic carboxylic acids is 2. The van der Waals surface area contributed by atoms with Crippen LogP contribution in [0.5, 0.6) is 0 Å². The Balaban J connectivity index is 0.000000183. The molecule has 0 aliphatic rings. The van der Waals surface area contributed by atoms with Crippen molar-refractivity contribution in [1.82, 2.24) is 9.97 Å². The molecule has 0 amide bonds. The first kappa shape index (κ1) is 23.7. The van der Waals surface area contributed by atoms with Gasteiger partial charge in [0.1, 0.15) is 0 Å². The molecule has 2 aromatic carbocycles. The van der Waals surface area contributed by atoms with Crippen molar-refractivity contribution in [3.63, 3.8) is 0 Å². The van der Waals surface area contributed by atoms with Crippen molar-refractivity contribution in [2.75, 3.05) is 0 Å². The largest absolute Gasteiger partial charge is 0.478 e. The molecule has 10 nitrogen and oxygen atoms in total. The number of hydrogen-bond acceptors (Lipinski definition) is 4. The quantitative estimate of drug-likeness (QED) is 0.256. The number of aryl methyl sites for hydroxylation is 2. The number of aromatic amines is 2. The molecule has 0 spiro atoms. The van der Waals surface area contributed by atoms with Crippen molar-refractivity contribution in [3.8, 4) is 0 Å². The Hall–Kier alpha value is -4.60. The topological polar surface area (TPSA) is 181 Å². The minimum absolute atomic E-state index is 0.349. The third kappa shape index (κ3) is 5.72. The lowest BCUT2D eigenvalue weighted by atomic mass is 10.1. The summed E-state index contributed by atoms with van der Waals surface area (Å²) in [6.45, 7) is 3.82. The highest BCUT2D eigenvalue weighted by molar-refractivity contribution is 6.27. The highest BCUT2D eigenvalue weighted by Crippen LogP contribution is 2.20. The predicted molar refractivity (Wildman–Crippen MR) is 115 cm³/mol. The molecule has 2 heterocycles. The van der Waals surface area contributed by atoms with Gasteiger partial charge in [-0.05, 0) is 50.2 Å². The van der Waals surface area contributed by atoms with Gasteiger partial charge in [0.15, 0.2) is 0 Å². The lowest BCUT2D eigenvalue weighted by molar-refractivity contribution is -0.159. The molecule has 4 rings (SSSR count). The number of fused-ring (bicyclic) bond motifs is 2. The summed E-state index contributed by atoms with van der Waals surface area (Å²) in [6, 6.07) is 14.1. The minimum Gasteiger partial charge on any atom is -0.478 e. The maximum absolute atomic E-state index is 10.8. The Morgan fingerprint density at radius 2 is 0.969 bits per heavy atom. The van der Waals surface area contributed by atoms with Gasteiger partial charge in [0.25, 0.3) is 0 Å². The van der Waals surface area contributed by atoms with Gasteiger partial charge in [-0.15, -0.1) is 0 Å². The number of aliphatic carboxylic acids is 2. The maximum atomic E-state index is 10.8. The van der Waals surface area contributed by atoms with Crippen molar-refractivity contribution < 1.29 is 39.6 Å². The van der Waals surface area contributed by atoms with Crippen LogP contribution in [0.4, 0.5) is 0 Å². The molecule has 4 aromatic rings. The molecule has 0 atom stereocenters. The molecule has 0 saturated carbocycles. The number of aromatic nitrogens is 2. The number of carbonyl (C=O) groups is 4. The van der Waals surface area contributed by atoms with E-state index in [9.17, 15) is 9.59 Å². The number of carboxylic acids is 4. The molecule has 6 N–H and O–H groups in total. The van der Waals surface area contributed by atoms with Crippen LogP contribution in [0, 0.1) is 13.8 Å². The van der Waals surface area contributed by atoms with Gasteiger partial charge in [0, 0.05) is 33.2 Å². The summed E-state index contributed by atoms with van der Waals surface area (Å²) < 4.78 is 0. The first-order valence-electron chi connectivity index (χ1n) is 9.10. The van der Waals surface area contributed by atoms with Crippen molar-refractivity contribution in [3.05, 3.63) is 71.0 Å². The van der Waals surface area contributed by atoms with Crippen LogP contribution in [-0.4, -0.2) is 54.3 Å². The molecule has 0 aliphatic heterocycles. The number of nitrogens with one attached hydrogen (secondary N) is 2. The fourth-order valence-electron chi connectivity index (χ4n) is 2.96. The van der Waals surface area contributed by atoms with Crippen molar-refractivity contribution in [2.24, 2.45) is 0 Å². The monoisotopic (exact) mass is 440 g/mol. The standard InChI is InChI=1S/2C10H9NO2.C2H2O4/c2*1-6-5-8-7(10(12)13)3-2-4-9(8)11-6;3-1(4)2(5)6/h2*2-5,11H,1H3,(H,12,13);(H,3,4)(H,5,6). The summed E-state index contributed by atoms with van der Waals surface area (Å²) in [6.07, 6.45) is 0. The van der Waals surface area contributed by atoms with Crippen LogP contribution in [0.25, 0.3) is 21.8 Å². The van der Waals surface area contributed by atoms with Crippen molar-refractivity contribution >= 4 is 45.7 Å². The number of H-pyrrole nitrogens is 2. The van der Waals surface area contributed by atoms with Gasteiger partial charge in [0.05, 0.1) is 11.1 Å². The summed E-state index contributed by atoms with van der Waals surface area (Å²) in [5.41, 5.74) is 4.39. The van der Waals surface area contributed by atoms with Gasteiger partial charge in [-0.1, -0.05) is 12.1 Å². The number of rotatable bonds is 2. The van der Waals surface area contributed by atoms with E-state index in [4.69, 9.17) is 30.0 Å². The Morgan fingerprint density at radius 3 is 1.25 bits per heavy atom. The molecule has 10 heteroatoms. The highest BCUT2D eigenvalue weighted by Gasteiger charge is 2.09. The van der Waals surface area contributed by atoms with Crippen LogP contribution in [0.15, 0.2) is 48.5 Å². The number of benzene rings is 2. The summed E-state index contributed by atoms with van der Waals surface area (Å²) in [4.78, 5) is 46.0. The molecule has 2 aromatic heterocycles. The third-order valence-electron chi connectivity index (χ3n) is 4.24. The van der Waals surface area contributed by atoms with E-state index in [1.165, 1.54) is 0 Å². The first-order valence-corrected chi connectivity index (χ1v) is 9.10. The fraction of sp³-hybridized carbons (Fsp3) is 0.0909. The minimum atomic E-state index is -1.82. The van der Waals surface area contributed by atoms with Crippen molar-refractivity contribution in [2.45, 2.75) is 13.8 Å². The molecule has 0 fully saturated rings.